The lowest BCUT2D eigenvalue weighted by Crippen LogP contribution is -2.32. The molecule has 5 aromatic carbocycles. The highest BCUT2D eigenvalue weighted by atomic mass is 16.5. The molecule has 0 N–H and O–H groups in total. The number of nitriles is 1. The Morgan fingerprint density at radius 2 is 1.30 bits per heavy atom. The molecule has 3 heteroatoms. The van der Waals surface area contributed by atoms with Crippen LogP contribution in [-0.2, 0) is 5.41 Å². The van der Waals surface area contributed by atoms with Crippen molar-refractivity contribution in [2.75, 3.05) is 0 Å². The Kier molecular flexibility index (Phi) is 3.53. The minimum Gasteiger partial charge on any atom is -0.457 e. The topological polar surface area (TPSA) is 33.0 Å². The number of hydrogen-bond donors (Lipinski definition) is 0. The Morgan fingerprint density at radius 1 is 0.667 bits per heavy atom. The van der Waals surface area contributed by atoms with Crippen LogP contribution in [0.15, 0.2) is 97.1 Å². The average molecular weight is 417 g/mol. The van der Waals surface area contributed by atoms with Gasteiger partial charge in [0, 0.05) is 16.5 Å². The molecule has 2 aliphatic rings. The van der Waals surface area contributed by atoms with Crippen LogP contribution in [-0.4, -0.2) is 7.85 Å². The third-order valence-electron chi connectivity index (χ3n) is 7.09. The second-order valence-corrected chi connectivity index (χ2v) is 8.65. The van der Waals surface area contributed by atoms with Gasteiger partial charge < -0.3 is 4.74 Å². The molecule has 0 saturated carbocycles. The lowest BCUT2D eigenvalue weighted by atomic mass is 9.65. The van der Waals surface area contributed by atoms with Crippen LogP contribution in [0.3, 0.4) is 0 Å². The van der Waals surface area contributed by atoms with Gasteiger partial charge in [0.25, 0.3) is 0 Å². The van der Waals surface area contributed by atoms with Crippen molar-refractivity contribution in [2.24, 2.45) is 0 Å². The molecule has 0 fully saturated rings. The first-order chi connectivity index (χ1) is 16.2. The molecule has 2 radical (unpaired) electrons. The van der Waals surface area contributed by atoms with Gasteiger partial charge in [0.05, 0.1) is 17.0 Å². The Labute approximate surface area is 193 Å². The lowest BCUT2D eigenvalue weighted by Gasteiger charge is -2.39. The van der Waals surface area contributed by atoms with Crippen LogP contribution in [0, 0.1) is 11.3 Å². The van der Waals surface area contributed by atoms with Gasteiger partial charge in [-0.25, -0.2) is 0 Å². The van der Waals surface area contributed by atoms with E-state index >= 15 is 0 Å². The molecular formula is C30H16BNO. The summed E-state index contributed by atoms with van der Waals surface area (Å²) in [5.74, 6) is 1.66. The van der Waals surface area contributed by atoms with Crippen molar-refractivity contribution in [1.29, 1.82) is 5.26 Å². The number of para-hydroxylation sites is 2. The van der Waals surface area contributed by atoms with E-state index in [4.69, 9.17) is 12.6 Å². The highest BCUT2D eigenvalue weighted by Gasteiger charge is 2.51. The SMILES string of the molecule is [B]c1ccc2c(c1)-c1c(cc(C#N)c3ccccc13)C21c2ccccc2Oc2ccccc21. The molecule has 1 spiro atoms. The van der Waals surface area contributed by atoms with Crippen LogP contribution >= 0.6 is 0 Å². The summed E-state index contributed by atoms with van der Waals surface area (Å²) in [5, 5.41) is 12.1. The first-order valence-electron chi connectivity index (χ1n) is 11.0. The van der Waals surface area contributed by atoms with E-state index in [1.54, 1.807) is 0 Å². The van der Waals surface area contributed by atoms with Gasteiger partial charge in [0.15, 0.2) is 0 Å². The number of fused-ring (bicyclic) bond motifs is 11. The molecule has 0 saturated heterocycles. The first kappa shape index (κ1) is 18.3. The average Bonchev–Trinajstić information content (AvgIpc) is 3.14. The summed E-state index contributed by atoms with van der Waals surface area (Å²) in [6.45, 7) is 0. The summed E-state index contributed by atoms with van der Waals surface area (Å²) in [4.78, 5) is 0. The van der Waals surface area contributed by atoms with Gasteiger partial charge >= 0.3 is 0 Å². The number of ether oxygens (including phenoxy) is 1. The number of nitrogens with zero attached hydrogens (tertiary/aromatic N) is 1. The van der Waals surface area contributed by atoms with Gasteiger partial charge in [-0.3, -0.25) is 0 Å². The van der Waals surface area contributed by atoms with Gasteiger partial charge in [-0.05, 0) is 45.8 Å². The molecule has 33 heavy (non-hydrogen) atoms. The van der Waals surface area contributed by atoms with Gasteiger partial charge in [-0.2, -0.15) is 5.26 Å². The molecule has 150 valence electrons. The Hall–Kier alpha value is -4.29. The maximum atomic E-state index is 10.1. The zero-order valence-electron chi connectivity index (χ0n) is 17.7. The summed E-state index contributed by atoms with van der Waals surface area (Å²) in [5.41, 5.74) is 7.46. The summed E-state index contributed by atoms with van der Waals surface area (Å²) < 4.78 is 6.37. The molecule has 0 amide bonds. The fourth-order valence-corrected chi connectivity index (χ4v) is 5.87. The zero-order valence-corrected chi connectivity index (χ0v) is 17.7. The Bertz CT molecular complexity index is 1630. The van der Waals surface area contributed by atoms with Gasteiger partial charge in [-0.1, -0.05) is 84.3 Å². The van der Waals surface area contributed by atoms with Crippen molar-refractivity contribution in [3.8, 4) is 28.7 Å². The van der Waals surface area contributed by atoms with Crippen molar-refractivity contribution >= 4 is 24.1 Å². The summed E-state index contributed by atoms with van der Waals surface area (Å²) in [6.07, 6.45) is 0. The van der Waals surface area contributed by atoms with Gasteiger partial charge in [0.2, 0.25) is 0 Å². The highest BCUT2D eigenvalue weighted by Crippen LogP contribution is 2.63. The van der Waals surface area contributed by atoms with E-state index in [1.807, 2.05) is 48.5 Å². The van der Waals surface area contributed by atoms with E-state index in [2.05, 4.69) is 54.6 Å². The van der Waals surface area contributed by atoms with Crippen LogP contribution < -0.4 is 10.2 Å². The first-order valence-corrected chi connectivity index (χ1v) is 11.0. The van der Waals surface area contributed by atoms with Gasteiger partial charge in [0.1, 0.15) is 19.3 Å². The van der Waals surface area contributed by atoms with E-state index in [-0.39, 0.29) is 0 Å². The zero-order chi connectivity index (χ0) is 22.2. The maximum Gasteiger partial charge on any atom is 0.132 e. The van der Waals surface area contributed by atoms with Crippen LogP contribution in [0.1, 0.15) is 27.8 Å². The van der Waals surface area contributed by atoms with E-state index < -0.39 is 5.41 Å². The van der Waals surface area contributed by atoms with Crippen LogP contribution in [0.5, 0.6) is 11.5 Å². The fraction of sp³-hybridized carbons (Fsp3) is 0.0333. The highest BCUT2D eigenvalue weighted by molar-refractivity contribution is 6.33. The number of hydrogen-bond acceptors (Lipinski definition) is 2. The molecule has 7 rings (SSSR count). The molecule has 1 aliphatic heterocycles. The minimum absolute atomic E-state index is 0.598. The summed E-state index contributed by atoms with van der Waals surface area (Å²) >= 11 is 0. The number of rotatable bonds is 0. The van der Waals surface area contributed by atoms with E-state index in [0.717, 1.165) is 61.1 Å². The molecule has 0 bridgehead atoms. The standard InChI is InChI=1S/C30H16BNO/c31-19-13-14-23-22(16-19)29-21-8-2-1-7-20(21)18(17-32)15-26(29)30(23)24-9-3-5-11-27(24)33-28-12-6-4-10-25(28)30/h1-16H. The second-order valence-electron chi connectivity index (χ2n) is 8.65. The molecule has 0 aromatic heterocycles. The fourth-order valence-electron chi connectivity index (χ4n) is 5.87. The molecule has 1 aliphatic carbocycles. The third kappa shape index (κ3) is 2.18. The third-order valence-corrected chi connectivity index (χ3v) is 7.09. The van der Waals surface area contributed by atoms with Crippen LogP contribution in [0.25, 0.3) is 21.9 Å². The van der Waals surface area contributed by atoms with Crippen molar-refractivity contribution in [3.63, 3.8) is 0 Å². The lowest BCUT2D eigenvalue weighted by molar-refractivity contribution is 0.436. The minimum atomic E-state index is -0.598. The molecule has 2 nitrogen and oxygen atoms in total. The quantitative estimate of drug-likeness (QED) is 0.285. The molecular weight excluding hydrogens is 401 g/mol. The predicted octanol–water partition coefficient (Wildman–Crippen LogP) is 5.97. The number of benzene rings is 5. The summed E-state index contributed by atoms with van der Waals surface area (Å²) in [7, 11) is 6.32. The summed E-state index contributed by atoms with van der Waals surface area (Å²) in [6, 6.07) is 35.3. The second kappa shape index (κ2) is 6.37. The van der Waals surface area contributed by atoms with Crippen molar-refractivity contribution in [3.05, 3.63) is 125 Å². The molecule has 5 aromatic rings. The monoisotopic (exact) mass is 417 g/mol. The van der Waals surface area contributed by atoms with Crippen molar-refractivity contribution in [2.45, 2.75) is 5.41 Å². The van der Waals surface area contributed by atoms with Crippen LogP contribution in [0.2, 0.25) is 0 Å². The van der Waals surface area contributed by atoms with E-state index in [9.17, 15) is 5.26 Å². The molecule has 0 unspecified atom stereocenters. The molecule has 0 atom stereocenters. The Balaban J connectivity index is 1.77. The smallest absolute Gasteiger partial charge is 0.132 e. The van der Waals surface area contributed by atoms with Crippen molar-refractivity contribution in [1.82, 2.24) is 0 Å². The van der Waals surface area contributed by atoms with E-state index in [1.165, 1.54) is 0 Å². The predicted molar refractivity (Wildman–Crippen MR) is 131 cm³/mol. The van der Waals surface area contributed by atoms with Crippen LogP contribution in [0.4, 0.5) is 0 Å². The Morgan fingerprint density at radius 3 is 2.00 bits per heavy atom. The van der Waals surface area contributed by atoms with E-state index in [0.29, 0.717) is 5.56 Å². The molecule has 1 heterocycles. The largest absolute Gasteiger partial charge is 0.457 e. The maximum absolute atomic E-state index is 10.1. The van der Waals surface area contributed by atoms with Crippen molar-refractivity contribution < 1.29 is 4.74 Å². The normalized spacial score (nSPS) is 14.0. The van der Waals surface area contributed by atoms with Gasteiger partial charge in [-0.15, -0.1) is 0 Å².